The van der Waals surface area contributed by atoms with Crippen molar-refractivity contribution in [1.29, 1.82) is 0 Å². The fraction of sp³-hybridized carbons (Fsp3) is 0.613. The van der Waals surface area contributed by atoms with Crippen LogP contribution in [0.25, 0.3) is 0 Å². The number of rotatable bonds is 36. The van der Waals surface area contributed by atoms with Crippen molar-refractivity contribution in [2.24, 2.45) is 32.9 Å². The number of hydrogen-bond acceptors (Lipinski definition) is 21. The average molecular weight is 1610 g/mol. The molecule has 115 heavy (non-hydrogen) atoms. The predicted octanol–water partition coefficient (Wildman–Crippen LogP) is -6.21. The summed E-state index contributed by atoms with van der Waals surface area (Å²) >= 11 is 0. The average Bonchev–Trinajstić information content (AvgIpc) is 1.85. The summed E-state index contributed by atoms with van der Waals surface area (Å²) in [6.07, 6.45) is -2.00. The Labute approximate surface area is 669 Å². The van der Waals surface area contributed by atoms with Crippen molar-refractivity contribution >= 4 is 101 Å². The number of likely N-dealkylation sites (N-methyl/N-ethyl adjacent to an activating group) is 3. The summed E-state index contributed by atoms with van der Waals surface area (Å²) < 4.78 is 0. The third-order valence-corrected chi connectivity index (χ3v) is 19.6. The van der Waals surface area contributed by atoms with E-state index in [1.54, 1.807) is 60.7 Å². The van der Waals surface area contributed by atoms with Gasteiger partial charge in [-0.15, -0.1) is 0 Å². The quantitative estimate of drug-likeness (QED) is 0.0171. The van der Waals surface area contributed by atoms with Crippen LogP contribution >= 0.6 is 0 Å². The maximum absolute atomic E-state index is 14.5. The van der Waals surface area contributed by atoms with Crippen molar-refractivity contribution in [3.63, 3.8) is 0 Å². The minimum atomic E-state index is -1.70. The summed E-state index contributed by atoms with van der Waals surface area (Å²) in [6.45, 7) is 13.1. The SMILES string of the molecule is CCN1CCN(CC)CCN(CC(=O)NC(CCC(=O)NCCCC[C@@H]2NC(=O)[C@@H](Cc3ccccc3)NC(=O)[C@H](CC(=O)O)NC(=O)CNC(=O)[C@H](CCCN=C(N)N)NC2=O)C(=O)NCCCC[C@@H]2NC(=O)[C@@H](Cc3ccccc3)NC(=O)[C@H](CC(=O)O)NC(=O)CNC(=O)[C@H](CCCN=C(N)N)NC2=O)CCN(CC)CC1. The van der Waals surface area contributed by atoms with Gasteiger partial charge in [-0.1, -0.05) is 81.4 Å². The molecular weight excluding hydrogens is 1490 g/mol. The first-order valence-electron chi connectivity index (χ1n) is 39.3. The third kappa shape index (κ3) is 37.1. The van der Waals surface area contributed by atoms with Crippen molar-refractivity contribution in [3.8, 4) is 0 Å². The van der Waals surface area contributed by atoms with Crippen LogP contribution in [0, 0.1) is 0 Å². The van der Waals surface area contributed by atoms with E-state index in [0.29, 0.717) is 37.3 Å². The molecule has 636 valence electrons. The van der Waals surface area contributed by atoms with Crippen LogP contribution in [0.2, 0.25) is 0 Å². The van der Waals surface area contributed by atoms with E-state index in [1.807, 2.05) is 4.90 Å². The van der Waals surface area contributed by atoms with Gasteiger partial charge in [-0.25, -0.2) is 0 Å². The van der Waals surface area contributed by atoms with Gasteiger partial charge in [0.15, 0.2) is 11.9 Å². The van der Waals surface area contributed by atoms with Gasteiger partial charge in [0.05, 0.1) is 32.5 Å². The molecule has 3 saturated heterocycles. The van der Waals surface area contributed by atoms with Crippen LogP contribution in [0.15, 0.2) is 70.6 Å². The van der Waals surface area contributed by atoms with Crippen molar-refractivity contribution < 1.29 is 82.1 Å². The predicted molar refractivity (Wildman–Crippen MR) is 424 cm³/mol. The second kappa shape index (κ2) is 51.6. The first kappa shape index (κ1) is 94.5. The van der Waals surface area contributed by atoms with Crippen LogP contribution in [-0.4, -0.2) is 303 Å². The van der Waals surface area contributed by atoms with Crippen LogP contribution in [0.3, 0.4) is 0 Å². The standard InChI is InChI=1S/C75H119N23O17/c1-4-95-33-35-96(5-2)37-39-98(40-38-97(6-3)36-34-95)47-62(102)86-54(65(107)81-30-16-14-24-53-69(111)90-51(26-18-32-83-75(78)79)67(109)85-46-61(101)88-58(44-64(105)106)73(115)94-56(71(113)92-53)42-49-21-11-8-12-22-49)27-28-59(99)80-29-15-13-23-52-68(110)89-50(25-17-31-82-74(76)77)66(108)84-45-60(100)87-57(43-63(103)104)72(114)93-55(70(112)91-52)41-48-19-9-7-10-20-48/h7-12,19-22,50-58H,4-6,13-18,23-47H2,1-3H3,(H,80,99)(H,81,107)(H,84,108)(H,85,109)(H,86,102)(H,87,100)(H,88,101)(H,89,110)(H,90,111)(H,91,112)(H,92,113)(H,93,114)(H,94,115)(H,103,104)(H,105,106)(H4,76,77,82)(H4,78,79,83)/t50-,51-,52-,53-,54?,55+,56+,57-,58-/m0/s1. The zero-order chi connectivity index (χ0) is 84.2. The van der Waals surface area contributed by atoms with Crippen LogP contribution in [0.5, 0.6) is 0 Å². The summed E-state index contributed by atoms with van der Waals surface area (Å²) in [4.78, 5) is 223. The minimum absolute atomic E-state index is 0.00859. The topological polar surface area (TPSA) is 595 Å². The molecule has 40 heteroatoms. The third-order valence-electron chi connectivity index (χ3n) is 19.6. The first-order valence-corrected chi connectivity index (χ1v) is 39.3. The van der Waals surface area contributed by atoms with E-state index in [2.05, 4.69) is 115 Å². The second-order valence-electron chi connectivity index (χ2n) is 28.4. The van der Waals surface area contributed by atoms with E-state index in [1.165, 1.54) is 0 Å². The summed E-state index contributed by atoms with van der Waals surface area (Å²) in [6, 6.07) is 3.90. The van der Waals surface area contributed by atoms with E-state index in [4.69, 9.17) is 22.9 Å². The smallest absolute Gasteiger partial charge is 0.305 e. The number of carbonyl (C=O) groups excluding carboxylic acids is 13. The monoisotopic (exact) mass is 1610 g/mol. The molecule has 3 fully saturated rings. The number of unbranched alkanes of at least 4 members (excludes halogenated alkanes) is 2. The van der Waals surface area contributed by atoms with Gasteiger partial charge in [0.25, 0.3) is 0 Å². The molecule has 2 aromatic rings. The molecule has 0 bridgehead atoms. The molecule has 0 radical (unpaired) electrons. The molecule has 3 aliphatic heterocycles. The van der Waals surface area contributed by atoms with Crippen molar-refractivity contribution in [3.05, 3.63) is 71.8 Å². The molecule has 0 aromatic heterocycles. The summed E-state index contributed by atoms with van der Waals surface area (Å²) in [5.74, 6) is -14.1. The van der Waals surface area contributed by atoms with Crippen LogP contribution in [0.4, 0.5) is 0 Å². The molecular formula is C75H119N23O17. The zero-order valence-corrected chi connectivity index (χ0v) is 66.0. The van der Waals surface area contributed by atoms with Crippen LogP contribution in [-0.2, 0) is 84.8 Å². The minimum Gasteiger partial charge on any atom is -0.481 e. The fourth-order valence-electron chi connectivity index (χ4n) is 12.9. The Kier molecular flexibility index (Phi) is 42.4. The Hall–Kier alpha value is -11.1. The zero-order valence-electron chi connectivity index (χ0n) is 66.0. The number of carbonyl (C=O) groups is 15. The highest BCUT2D eigenvalue weighted by Gasteiger charge is 2.37. The largest absolute Gasteiger partial charge is 0.481 e. The highest BCUT2D eigenvalue weighted by Crippen LogP contribution is 2.14. The van der Waals surface area contributed by atoms with Gasteiger partial charge in [0.2, 0.25) is 76.8 Å². The van der Waals surface area contributed by atoms with Crippen LogP contribution in [0.1, 0.15) is 122 Å². The maximum Gasteiger partial charge on any atom is 0.305 e. The number of nitrogens with two attached hydrogens (primary N) is 4. The number of carboxylic acids is 2. The Bertz CT molecular complexity index is 3590. The van der Waals surface area contributed by atoms with E-state index >= 15 is 0 Å². The van der Waals surface area contributed by atoms with Gasteiger partial charge < -0.3 is 117 Å². The molecule has 9 atom stereocenters. The van der Waals surface area contributed by atoms with Gasteiger partial charge in [-0.2, -0.15) is 0 Å². The highest BCUT2D eigenvalue weighted by molar-refractivity contribution is 6.00. The molecule has 0 saturated carbocycles. The molecule has 0 aliphatic carbocycles. The Morgan fingerprint density at radius 3 is 1.14 bits per heavy atom. The normalized spacial score (nSPS) is 21.9. The molecule has 5 rings (SSSR count). The number of guanidine groups is 2. The van der Waals surface area contributed by atoms with E-state index in [-0.39, 0.29) is 135 Å². The molecule has 13 amide bonds. The Balaban J connectivity index is 1.37. The summed E-state index contributed by atoms with van der Waals surface area (Å²) in [5.41, 5.74) is 23.2. The van der Waals surface area contributed by atoms with Gasteiger partial charge in [0.1, 0.15) is 54.4 Å². The van der Waals surface area contributed by atoms with Gasteiger partial charge in [-0.3, -0.25) is 86.8 Å². The van der Waals surface area contributed by atoms with E-state index in [0.717, 1.165) is 45.8 Å². The van der Waals surface area contributed by atoms with Crippen molar-refractivity contribution in [2.45, 2.75) is 178 Å². The number of nitrogens with zero attached hydrogens (tertiary/aromatic N) is 6. The number of hydrogen-bond donors (Lipinski definition) is 19. The Morgan fingerprint density at radius 2 is 0.765 bits per heavy atom. The first-order chi connectivity index (χ1) is 55.0. The van der Waals surface area contributed by atoms with Gasteiger partial charge in [0, 0.05) is 97.8 Å². The molecule has 40 nitrogen and oxygen atoms in total. The lowest BCUT2D eigenvalue weighted by Crippen LogP contribution is -2.58. The van der Waals surface area contributed by atoms with Crippen molar-refractivity contribution in [1.82, 2.24) is 88.7 Å². The van der Waals surface area contributed by atoms with E-state index < -0.39 is 169 Å². The second-order valence-corrected chi connectivity index (χ2v) is 28.4. The molecule has 23 N–H and O–H groups in total. The molecule has 3 heterocycles. The number of nitrogens with one attached hydrogen (secondary N) is 13. The number of carboxylic acid groups (broad SMARTS) is 2. The molecule has 1 unspecified atom stereocenters. The van der Waals surface area contributed by atoms with Gasteiger partial charge >= 0.3 is 11.9 Å². The highest BCUT2D eigenvalue weighted by atomic mass is 16.4. The molecule has 3 aliphatic rings. The molecule has 0 spiro atoms. The summed E-state index contributed by atoms with van der Waals surface area (Å²) in [5, 5.41) is 53.3. The maximum atomic E-state index is 14.5. The Morgan fingerprint density at radius 1 is 0.426 bits per heavy atom. The number of amides is 13. The number of aliphatic carboxylic acids is 2. The van der Waals surface area contributed by atoms with E-state index in [9.17, 15) is 82.1 Å². The number of aliphatic imine (C=N–C) groups is 2. The summed E-state index contributed by atoms with van der Waals surface area (Å²) in [7, 11) is 0. The lowest BCUT2D eigenvalue weighted by atomic mass is 10.0. The fourth-order valence-corrected chi connectivity index (χ4v) is 12.9. The number of benzene rings is 2. The van der Waals surface area contributed by atoms with Crippen molar-refractivity contribution in [2.75, 3.05) is 118 Å². The lowest BCUT2D eigenvalue weighted by molar-refractivity contribution is -0.141. The lowest BCUT2D eigenvalue weighted by Gasteiger charge is -2.33. The van der Waals surface area contributed by atoms with Gasteiger partial charge in [-0.05, 0) is 101 Å². The van der Waals surface area contributed by atoms with Crippen LogP contribution < -0.4 is 92.1 Å². The molecule has 2 aromatic carbocycles.